The molecule has 2 aromatic rings. The van der Waals surface area contributed by atoms with E-state index >= 15 is 0 Å². The molecule has 26 heavy (non-hydrogen) atoms. The first kappa shape index (κ1) is 20.8. The van der Waals surface area contributed by atoms with Gasteiger partial charge in [-0.1, -0.05) is 56.6 Å². The van der Waals surface area contributed by atoms with Crippen LogP contribution >= 0.6 is 11.6 Å². The molecule has 0 heterocycles. The molecule has 0 spiro atoms. The van der Waals surface area contributed by atoms with Gasteiger partial charge in [-0.05, 0) is 61.3 Å². The Bertz CT molecular complexity index is 653. The average molecular weight is 376 g/mol. The van der Waals surface area contributed by atoms with Gasteiger partial charge in [0, 0.05) is 11.6 Å². The second-order valence-corrected chi connectivity index (χ2v) is 6.91. The standard InChI is InChI=1S/C22H30ClNO2/c1-4-22(25,18-8-12-20(23)13-9-18)19-10-14-21(15-11-19)26-17-7-16-24(5-2)6-3/h8-15,25H,4-7,16-17H2,1-3H3. The minimum absolute atomic E-state index is 0.582. The summed E-state index contributed by atoms with van der Waals surface area (Å²) in [5.74, 6) is 0.836. The van der Waals surface area contributed by atoms with Gasteiger partial charge in [0.15, 0.2) is 0 Å². The van der Waals surface area contributed by atoms with Crippen LogP contribution in [0.4, 0.5) is 0 Å². The molecule has 3 nitrogen and oxygen atoms in total. The van der Waals surface area contributed by atoms with Crippen molar-refractivity contribution in [3.8, 4) is 5.75 Å². The lowest BCUT2D eigenvalue weighted by Crippen LogP contribution is -2.26. The molecule has 0 aliphatic heterocycles. The van der Waals surface area contributed by atoms with Crippen molar-refractivity contribution in [2.75, 3.05) is 26.2 Å². The van der Waals surface area contributed by atoms with Crippen molar-refractivity contribution in [2.24, 2.45) is 0 Å². The lowest BCUT2D eigenvalue weighted by molar-refractivity contribution is 0.0765. The molecule has 1 N–H and O–H groups in total. The van der Waals surface area contributed by atoms with Gasteiger partial charge in [-0.3, -0.25) is 0 Å². The number of halogens is 1. The summed E-state index contributed by atoms with van der Waals surface area (Å²) >= 11 is 5.97. The number of nitrogens with zero attached hydrogens (tertiary/aromatic N) is 1. The molecule has 0 saturated carbocycles. The van der Waals surface area contributed by atoms with Crippen molar-refractivity contribution in [1.29, 1.82) is 0 Å². The summed E-state index contributed by atoms with van der Waals surface area (Å²) in [4.78, 5) is 2.39. The topological polar surface area (TPSA) is 32.7 Å². The van der Waals surface area contributed by atoms with E-state index in [4.69, 9.17) is 16.3 Å². The predicted molar refractivity (Wildman–Crippen MR) is 109 cm³/mol. The van der Waals surface area contributed by atoms with Gasteiger partial charge in [-0.25, -0.2) is 0 Å². The van der Waals surface area contributed by atoms with Crippen molar-refractivity contribution in [2.45, 2.75) is 39.2 Å². The van der Waals surface area contributed by atoms with E-state index in [0.717, 1.165) is 42.9 Å². The first-order chi connectivity index (χ1) is 12.5. The van der Waals surface area contributed by atoms with Gasteiger partial charge < -0.3 is 14.7 Å². The van der Waals surface area contributed by atoms with Gasteiger partial charge in [0.2, 0.25) is 0 Å². The maximum absolute atomic E-state index is 11.2. The number of aliphatic hydroxyl groups is 1. The second kappa shape index (κ2) is 9.96. The average Bonchev–Trinajstić information content (AvgIpc) is 2.68. The van der Waals surface area contributed by atoms with Crippen molar-refractivity contribution in [3.05, 3.63) is 64.7 Å². The highest BCUT2D eigenvalue weighted by molar-refractivity contribution is 6.30. The van der Waals surface area contributed by atoms with Crippen LogP contribution in [0.5, 0.6) is 5.75 Å². The fourth-order valence-electron chi connectivity index (χ4n) is 3.15. The molecule has 0 aromatic heterocycles. The predicted octanol–water partition coefficient (Wildman–Crippen LogP) is 5.10. The van der Waals surface area contributed by atoms with E-state index in [1.165, 1.54) is 0 Å². The minimum atomic E-state index is -1.02. The van der Waals surface area contributed by atoms with Crippen LogP contribution in [0.15, 0.2) is 48.5 Å². The molecule has 4 heteroatoms. The van der Waals surface area contributed by atoms with Gasteiger partial charge >= 0.3 is 0 Å². The quantitative estimate of drug-likeness (QED) is 0.586. The molecule has 0 amide bonds. The van der Waals surface area contributed by atoms with Crippen LogP contribution < -0.4 is 4.74 Å². The first-order valence-corrected chi connectivity index (χ1v) is 9.85. The van der Waals surface area contributed by atoms with E-state index < -0.39 is 5.60 Å². The zero-order valence-electron chi connectivity index (χ0n) is 16.0. The van der Waals surface area contributed by atoms with Crippen LogP contribution in [-0.2, 0) is 5.60 Å². The molecular formula is C22H30ClNO2. The summed E-state index contributed by atoms with van der Waals surface area (Å²) in [6.45, 7) is 10.2. The van der Waals surface area contributed by atoms with E-state index in [2.05, 4.69) is 18.7 Å². The highest BCUT2D eigenvalue weighted by atomic mass is 35.5. The molecule has 1 unspecified atom stereocenters. The van der Waals surface area contributed by atoms with Crippen molar-refractivity contribution in [1.82, 2.24) is 4.90 Å². The zero-order chi connectivity index (χ0) is 19.0. The first-order valence-electron chi connectivity index (χ1n) is 9.47. The molecule has 1 atom stereocenters. The molecule has 142 valence electrons. The Balaban J connectivity index is 1.99. The van der Waals surface area contributed by atoms with Gasteiger partial charge in [0.05, 0.1) is 6.61 Å². The summed E-state index contributed by atoms with van der Waals surface area (Å²) < 4.78 is 5.84. The van der Waals surface area contributed by atoms with Crippen LogP contribution in [0, 0.1) is 0 Å². The minimum Gasteiger partial charge on any atom is -0.494 e. The van der Waals surface area contributed by atoms with E-state index in [0.29, 0.717) is 18.1 Å². The Labute approximate surface area is 162 Å². The number of ether oxygens (including phenoxy) is 1. The van der Waals surface area contributed by atoms with Crippen LogP contribution in [0.25, 0.3) is 0 Å². The molecule has 0 radical (unpaired) electrons. The maximum atomic E-state index is 11.2. The Hall–Kier alpha value is -1.55. The third-order valence-corrected chi connectivity index (χ3v) is 5.20. The number of hydrogen-bond donors (Lipinski definition) is 1. The normalized spacial score (nSPS) is 13.6. The Morgan fingerprint density at radius 2 is 1.46 bits per heavy atom. The summed E-state index contributed by atoms with van der Waals surface area (Å²) in [5, 5.41) is 11.9. The van der Waals surface area contributed by atoms with Crippen LogP contribution in [0.2, 0.25) is 5.02 Å². The summed E-state index contributed by atoms with van der Waals surface area (Å²) in [5.41, 5.74) is 0.682. The molecular weight excluding hydrogens is 346 g/mol. The number of benzene rings is 2. The third kappa shape index (κ3) is 5.23. The summed E-state index contributed by atoms with van der Waals surface area (Å²) in [6, 6.07) is 15.1. The molecule has 0 bridgehead atoms. The zero-order valence-corrected chi connectivity index (χ0v) is 16.8. The fourth-order valence-corrected chi connectivity index (χ4v) is 3.27. The highest BCUT2D eigenvalue weighted by Crippen LogP contribution is 2.34. The van der Waals surface area contributed by atoms with E-state index in [-0.39, 0.29) is 0 Å². The van der Waals surface area contributed by atoms with Crippen molar-refractivity contribution < 1.29 is 9.84 Å². The number of rotatable bonds is 10. The van der Waals surface area contributed by atoms with Gasteiger partial charge in [-0.2, -0.15) is 0 Å². The van der Waals surface area contributed by atoms with E-state index in [9.17, 15) is 5.11 Å². The van der Waals surface area contributed by atoms with Crippen LogP contribution in [0.1, 0.15) is 44.7 Å². The van der Waals surface area contributed by atoms with Crippen LogP contribution in [0.3, 0.4) is 0 Å². The smallest absolute Gasteiger partial charge is 0.119 e. The lowest BCUT2D eigenvalue weighted by atomic mass is 9.84. The molecule has 0 aliphatic rings. The molecule has 0 aliphatic carbocycles. The SMILES string of the molecule is CCN(CC)CCCOc1ccc(C(O)(CC)c2ccc(Cl)cc2)cc1. The summed E-state index contributed by atoms with van der Waals surface area (Å²) in [7, 11) is 0. The largest absolute Gasteiger partial charge is 0.494 e. The lowest BCUT2D eigenvalue weighted by Gasteiger charge is -2.28. The Morgan fingerprint density at radius 3 is 1.96 bits per heavy atom. The summed E-state index contributed by atoms with van der Waals surface area (Å²) in [6.07, 6.45) is 1.59. The number of hydrogen-bond acceptors (Lipinski definition) is 3. The molecule has 2 rings (SSSR count). The third-order valence-electron chi connectivity index (χ3n) is 4.95. The van der Waals surface area contributed by atoms with E-state index in [1.807, 2.05) is 55.5 Å². The Morgan fingerprint density at radius 1 is 0.923 bits per heavy atom. The van der Waals surface area contributed by atoms with Crippen LogP contribution in [-0.4, -0.2) is 36.2 Å². The molecule has 0 fully saturated rings. The fraction of sp³-hybridized carbons (Fsp3) is 0.455. The maximum Gasteiger partial charge on any atom is 0.119 e. The van der Waals surface area contributed by atoms with Crippen molar-refractivity contribution in [3.63, 3.8) is 0 Å². The highest BCUT2D eigenvalue weighted by Gasteiger charge is 2.29. The molecule has 0 saturated heterocycles. The second-order valence-electron chi connectivity index (χ2n) is 6.47. The van der Waals surface area contributed by atoms with Crippen molar-refractivity contribution >= 4 is 11.6 Å². The van der Waals surface area contributed by atoms with Gasteiger partial charge in [0.1, 0.15) is 11.4 Å². The molecule has 2 aromatic carbocycles. The van der Waals surface area contributed by atoms with Gasteiger partial charge in [-0.15, -0.1) is 0 Å². The monoisotopic (exact) mass is 375 g/mol. The Kier molecular flexibility index (Phi) is 7.95. The van der Waals surface area contributed by atoms with E-state index in [1.54, 1.807) is 0 Å². The van der Waals surface area contributed by atoms with Gasteiger partial charge in [0.25, 0.3) is 0 Å².